The molecular weight excluding hydrogens is 328 g/mol. The van der Waals surface area contributed by atoms with E-state index in [-0.39, 0.29) is 18.4 Å². The molecule has 0 aliphatic carbocycles. The van der Waals surface area contributed by atoms with Crippen LogP contribution in [0.4, 0.5) is 5.95 Å². The Balaban J connectivity index is 1.72. The Morgan fingerprint density at radius 3 is 2.65 bits per heavy atom. The molecule has 2 aromatic carbocycles. The second-order valence-corrected chi connectivity index (χ2v) is 6.26. The minimum atomic E-state index is -0.709. The van der Waals surface area contributed by atoms with Gasteiger partial charge in [0.2, 0.25) is 5.95 Å². The van der Waals surface area contributed by atoms with Crippen LogP contribution < -0.4 is 5.73 Å². The molecule has 4 rings (SSSR count). The van der Waals surface area contributed by atoms with Crippen molar-refractivity contribution in [3.63, 3.8) is 0 Å². The molecule has 0 saturated carbocycles. The Morgan fingerprint density at radius 2 is 1.85 bits per heavy atom. The molecule has 0 radical (unpaired) electrons. The van der Waals surface area contributed by atoms with Crippen LogP contribution in [0.5, 0.6) is 0 Å². The first-order valence-corrected chi connectivity index (χ1v) is 8.36. The fourth-order valence-electron chi connectivity index (χ4n) is 3.27. The van der Waals surface area contributed by atoms with Crippen LogP contribution in [0.1, 0.15) is 27.6 Å². The summed E-state index contributed by atoms with van der Waals surface area (Å²) < 4.78 is 0. The van der Waals surface area contributed by atoms with E-state index in [9.17, 15) is 9.90 Å². The molecule has 2 heterocycles. The van der Waals surface area contributed by atoms with E-state index in [4.69, 9.17) is 5.73 Å². The first kappa shape index (κ1) is 16.2. The summed E-state index contributed by atoms with van der Waals surface area (Å²) in [5.41, 5.74) is 9.22. The number of hydrogen-bond donors (Lipinski definition) is 2. The lowest BCUT2D eigenvalue weighted by Gasteiger charge is -2.32. The van der Waals surface area contributed by atoms with Crippen molar-refractivity contribution in [1.29, 1.82) is 0 Å². The Morgan fingerprint density at radius 1 is 1.12 bits per heavy atom. The molecule has 6 nitrogen and oxygen atoms in total. The van der Waals surface area contributed by atoms with E-state index < -0.39 is 6.10 Å². The van der Waals surface area contributed by atoms with Crippen molar-refractivity contribution in [1.82, 2.24) is 14.9 Å². The van der Waals surface area contributed by atoms with Crippen LogP contribution in [0.25, 0.3) is 11.3 Å². The quantitative estimate of drug-likeness (QED) is 0.743. The van der Waals surface area contributed by atoms with Gasteiger partial charge >= 0.3 is 0 Å². The summed E-state index contributed by atoms with van der Waals surface area (Å²) in [7, 11) is 0. The molecular formula is C20H18N4O2. The number of fused-ring (bicyclic) bond motifs is 1. The average Bonchev–Trinajstić information content (AvgIpc) is 2.68. The number of amides is 1. The number of β-amino-alcohol motifs (C(OH)–C–C–N with tert-alkyl or cyclic N) is 1. The van der Waals surface area contributed by atoms with Crippen molar-refractivity contribution >= 4 is 11.9 Å². The lowest BCUT2D eigenvalue weighted by molar-refractivity contribution is 0.0550. The summed E-state index contributed by atoms with van der Waals surface area (Å²) in [6, 6.07) is 17.0. The number of anilines is 1. The van der Waals surface area contributed by atoms with Crippen molar-refractivity contribution < 1.29 is 9.90 Å². The molecule has 6 heteroatoms. The summed E-state index contributed by atoms with van der Waals surface area (Å²) in [5.74, 6) is -0.109. The van der Waals surface area contributed by atoms with E-state index in [1.54, 1.807) is 4.90 Å². The third-order valence-electron chi connectivity index (χ3n) is 4.54. The summed E-state index contributed by atoms with van der Waals surface area (Å²) >= 11 is 0. The minimum Gasteiger partial charge on any atom is -0.387 e. The van der Waals surface area contributed by atoms with E-state index in [1.165, 1.54) is 6.20 Å². The number of aromatic nitrogens is 2. The molecule has 1 aliphatic rings. The molecule has 130 valence electrons. The van der Waals surface area contributed by atoms with E-state index in [0.717, 1.165) is 16.7 Å². The van der Waals surface area contributed by atoms with Gasteiger partial charge in [0.1, 0.15) is 0 Å². The normalized spacial score (nSPS) is 16.2. The summed E-state index contributed by atoms with van der Waals surface area (Å²) in [4.78, 5) is 23.1. The standard InChI is InChI=1S/C20H18N4O2/c21-20-22-10-16(18(23-20)13-6-2-1-3-7-13)19(26)24-11-14-8-4-5-9-15(14)17(25)12-24/h1-10,17,25H,11-12H2,(H2,21,22,23). The highest BCUT2D eigenvalue weighted by Crippen LogP contribution is 2.29. The van der Waals surface area contributed by atoms with Gasteiger partial charge in [0.15, 0.2) is 0 Å². The zero-order valence-corrected chi connectivity index (χ0v) is 14.0. The Kier molecular flexibility index (Phi) is 4.10. The Bertz CT molecular complexity index is 959. The average molecular weight is 346 g/mol. The van der Waals surface area contributed by atoms with Gasteiger partial charge in [-0.25, -0.2) is 9.97 Å². The van der Waals surface area contributed by atoms with Gasteiger partial charge < -0.3 is 15.7 Å². The first-order valence-electron chi connectivity index (χ1n) is 8.36. The summed E-state index contributed by atoms with van der Waals surface area (Å²) in [6.07, 6.45) is 0.749. The van der Waals surface area contributed by atoms with Gasteiger partial charge in [-0.05, 0) is 11.1 Å². The van der Waals surface area contributed by atoms with Crippen LogP contribution >= 0.6 is 0 Å². The maximum absolute atomic E-state index is 13.2. The number of carbonyl (C=O) groups is 1. The van der Waals surface area contributed by atoms with Crippen LogP contribution in [0, 0.1) is 0 Å². The predicted molar refractivity (Wildman–Crippen MR) is 98.0 cm³/mol. The maximum atomic E-state index is 13.2. The van der Waals surface area contributed by atoms with Gasteiger partial charge in [-0.15, -0.1) is 0 Å². The van der Waals surface area contributed by atoms with Crippen LogP contribution in [0.3, 0.4) is 0 Å². The smallest absolute Gasteiger partial charge is 0.258 e. The molecule has 26 heavy (non-hydrogen) atoms. The van der Waals surface area contributed by atoms with Crippen molar-refractivity contribution in [3.8, 4) is 11.3 Å². The molecule has 0 bridgehead atoms. The third kappa shape index (κ3) is 2.91. The largest absolute Gasteiger partial charge is 0.387 e. The minimum absolute atomic E-state index is 0.115. The van der Waals surface area contributed by atoms with Crippen molar-refractivity contribution in [2.45, 2.75) is 12.6 Å². The fourth-order valence-corrected chi connectivity index (χ4v) is 3.27. The predicted octanol–water partition coefficient (Wildman–Crippen LogP) is 2.42. The highest BCUT2D eigenvalue weighted by atomic mass is 16.3. The topological polar surface area (TPSA) is 92.3 Å². The van der Waals surface area contributed by atoms with Gasteiger partial charge in [-0.3, -0.25) is 4.79 Å². The van der Waals surface area contributed by atoms with Crippen LogP contribution in [0.2, 0.25) is 0 Å². The molecule has 1 amide bonds. The zero-order chi connectivity index (χ0) is 18.1. The number of hydrogen-bond acceptors (Lipinski definition) is 5. The number of aliphatic hydroxyl groups is 1. The number of benzene rings is 2. The number of nitrogens with two attached hydrogens (primary N) is 1. The highest BCUT2D eigenvalue weighted by Gasteiger charge is 2.29. The second kappa shape index (κ2) is 6.57. The van der Waals surface area contributed by atoms with E-state index in [2.05, 4.69) is 9.97 Å². The van der Waals surface area contributed by atoms with Gasteiger partial charge in [-0.1, -0.05) is 54.6 Å². The first-order chi connectivity index (χ1) is 12.6. The van der Waals surface area contributed by atoms with Crippen LogP contribution in [-0.4, -0.2) is 32.4 Å². The zero-order valence-electron chi connectivity index (χ0n) is 14.0. The van der Waals surface area contributed by atoms with Gasteiger partial charge in [0.05, 0.1) is 23.9 Å². The molecule has 3 N–H and O–H groups in total. The molecule has 1 atom stereocenters. The number of nitrogen functional groups attached to an aromatic ring is 1. The number of aliphatic hydroxyl groups excluding tert-OH is 1. The highest BCUT2D eigenvalue weighted by molar-refractivity contribution is 6.00. The van der Waals surface area contributed by atoms with E-state index in [1.807, 2.05) is 54.6 Å². The van der Waals surface area contributed by atoms with E-state index >= 15 is 0 Å². The van der Waals surface area contributed by atoms with Crippen molar-refractivity contribution in [2.24, 2.45) is 0 Å². The third-order valence-corrected chi connectivity index (χ3v) is 4.54. The summed E-state index contributed by atoms with van der Waals surface area (Å²) in [5, 5.41) is 10.4. The molecule has 1 aromatic heterocycles. The molecule has 0 spiro atoms. The van der Waals surface area contributed by atoms with Crippen LogP contribution in [0.15, 0.2) is 60.8 Å². The Hall–Kier alpha value is -3.25. The molecule has 1 unspecified atom stereocenters. The monoisotopic (exact) mass is 346 g/mol. The summed E-state index contributed by atoms with van der Waals surface area (Å²) in [6.45, 7) is 0.666. The SMILES string of the molecule is Nc1ncc(C(=O)N2Cc3ccccc3C(O)C2)c(-c2ccccc2)n1. The lowest BCUT2D eigenvalue weighted by atomic mass is 9.96. The van der Waals surface area contributed by atoms with Crippen molar-refractivity contribution in [3.05, 3.63) is 77.5 Å². The van der Waals surface area contributed by atoms with Crippen molar-refractivity contribution in [2.75, 3.05) is 12.3 Å². The molecule has 0 saturated heterocycles. The molecule has 1 aliphatic heterocycles. The lowest BCUT2D eigenvalue weighted by Crippen LogP contribution is -2.38. The molecule has 3 aromatic rings. The van der Waals surface area contributed by atoms with E-state index in [0.29, 0.717) is 17.8 Å². The number of rotatable bonds is 2. The number of carbonyl (C=O) groups excluding carboxylic acids is 1. The van der Waals surface area contributed by atoms with Gasteiger partial charge in [0.25, 0.3) is 5.91 Å². The maximum Gasteiger partial charge on any atom is 0.258 e. The van der Waals surface area contributed by atoms with Gasteiger partial charge in [0, 0.05) is 18.3 Å². The fraction of sp³-hybridized carbons (Fsp3) is 0.150. The van der Waals surface area contributed by atoms with Gasteiger partial charge in [-0.2, -0.15) is 0 Å². The number of nitrogens with zero attached hydrogens (tertiary/aromatic N) is 3. The Labute approximate surface area is 150 Å². The second-order valence-electron chi connectivity index (χ2n) is 6.26. The van der Waals surface area contributed by atoms with Crippen LogP contribution in [-0.2, 0) is 6.54 Å². The molecule has 0 fully saturated rings.